The molecule has 0 bridgehead atoms. The van der Waals surface area contributed by atoms with Gasteiger partial charge in [-0.15, -0.1) is 0 Å². The van der Waals surface area contributed by atoms with Gasteiger partial charge in [0.05, 0.1) is 6.54 Å². The lowest BCUT2D eigenvalue weighted by Crippen LogP contribution is -2.35. The molecule has 28 heavy (non-hydrogen) atoms. The molecule has 3 nitrogen and oxygen atoms in total. The van der Waals surface area contributed by atoms with Gasteiger partial charge in [-0.1, -0.05) is 91.0 Å². The van der Waals surface area contributed by atoms with E-state index in [1.807, 2.05) is 30.3 Å². The maximum Gasteiger partial charge on any atom is 0.233 e. The van der Waals surface area contributed by atoms with Crippen molar-refractivity contribution in [3.8, 4) is 0 Å². The van der Waals surface area contributed by atoms with E-state index < -0.39 is 0 Å². The molecular formula is C25H28N2O. The second-order valence-electron chi connectivity index (χ2n) is 7.03. The van der Waals surface area contributed by atoms with Gasteiger partial charge < -0.3 is 10.6 Å². The van der Waals surface area contributed by atoms with Gasteiger partial charge in [-0.2, -0.15) is 0 Å². The largest absolute Gasteiger partial charge is 0.355 e. The molecule has 3 heteroatoms. The quantitative estimate of drug-likeness (QED) is 0.573. The number of carbonyl (C=O) groups excluding carboxylic acids is 1. The minimum atomic E-state index is 0.0302. The van der Waals surface area contributed by atoms with E-state index in [-0.39, 0.29) is 17.9 Å². The molecule has 144 valence electrons. The fraction of sp³-hybridized carbons (Fsp3) is 0.240. The maximum absolute atomic E-state index is 12.3. The second-order valence-corrected chi connectivity index (χ2v) is 7.03. The molecule has 0 saturated carbocycles. The van der Waals surface area contributed by atoms with E-state index in [9.17, 15) is 4.79 Å². The topological polar surface area (TPSA) is 41.1 Å². The summed E-state index contributed by atoms with van der Waals surface area (Å²) >= 11 is 0. The van der Waals surface area contributed by atoms with Crippen LogP contribution >= 0.6 is 0 Å². The van der Waals surface area contributed by atoms with Crippen LogP contribution in [0, 0.1) is 0 Å². The van der Waals surface area contributed by atoms with Crippen LogP contribution in [0.3, 0.4) is 0 Å². The number of rotatable bonds is 9. The molecule has 2 N–H and O–H groups in total. The Morgan fingerprint density at radius 3 is 1.71 bits per heavy atom. The van der Waals surface area contributed by atoms with Crippen LogP contribution in [0.4, 0.5) is 0 Å². The van der Waals surface area contributed by atoms with Crippen molar-refractivity contribution in [2.24, 2.45) is 0 Å². The fourth-order valence-corrected chi connectivity index (χ4v) is 3.42. The Hall–Kier alpha value is -2.91. The standard InChI is InChI=1S/C25H28N2O/c1-20(21-11-5-2-6-12-21)27-19-25(28)26-18-17-24(22-13-7-3-8-14-22)23-15-9-4-10-16-23/h2-16,20,24,27H,17-19H2,1H3,(H,26,28)/t20-/m0/s1. The molecule has 1 amide bonds. The van der Waals surface area contributed by atoms with Crippen molar-refractivity contribution in [3.63, 3.8) is 0 Å². The normalized spacial score (nSPS) is 11.9. The number of carbonyl (C=O) groups is 1. The zero-order valence-electron chi connectivity index (χ0n) is 16.3. The number of nitrogens with one attached hydrogen (secondary N) is 2. The minimum absolute atomic E-state index is 0.0302. The van der Waals surface area contributed by atoms with Crippen LogP contribution in [-0.4, -0.2) is 19.0 Å². The molecular weight excluding hydrogens is 344 g/mol. The summed E-state index contributed by atoms with van der Waals surface area (Å²) in [6, 6.07) is 31.3. The highest BCUT2D eigenvalue weighted by Crippen LogP contribution is 2.27. The molecule has 0 aliphatic heterocycles. The number of benzene rings is 3. The zero-order valence-corrected chi connectivity index (χ0v) is 16.3. The van der Waals surface area contributed by atoms with Gasteiger partial charge in [0.25, 0.3) is 0 Å². The molecule has 0 heterocycles. The van der Waals surface area contributed by atoms with Gasteiger partial charge in [0.2, 0.25) is 5.91 Å². The van der Waals surface area contributed by atoms with E-state index in [4.69, 9.17) is 0 Å². The SMILES string of the molecule is C[C@H](NCC(=O)NCCC(c1ccccc1)c1ccccc1)c1ccccc1. The van der Waals surface area contributed by atoms with Crippen LogP contribution < -0.4 is 10.6 Å². The number of hydrogen-bond acceptors (Lipinski definition) is 2. The molecule has 0 unspecified atom stereocenters. The Morgan fingerprint density at radius 2 is 1.21 bits per heavy atom. The van der Waals surface area contributed by atoms with Crippen LogP contribution in [0.25, 0.3) is 0 Å². The molecule has 0 aliphatic carbocycles. The monoisotopic (exact) mass is 372 g/mol. The molecule has 3 rings (SSSR count). The molecule has 0 radical (unpaired) electrons. The molecule has 0 saturated heterocycles. The second kappa shape index (κ2) is 10.4. The van der Waals surface area contributed by atoms with Crippen molar-refractivity contribution in [1.29, 1.82) is 0 Å². The van der Waals surface area contributed by atoms with Gasteiger partial charge in [-0.25, -0.2) is 0 Å². The van der Waals surface area contributed by atoms with Gasteiger partial charge in [-0.3, -0.25) is 4.79 Å². The van der Waals surface area contributed by atoms with Gasteiger partial charge in [0.1, 0.15) is 0 Å². The van der Waals surface area contributed by atoms with E-state index in [0.29, 0.717) is 13.1 Å². The Balaban J connectivity index is 1.51. The van der Waals surface area contributed by atoms with Gasteiger partial charge in [0, 0.05) is 18.5 Å². The van der Waals surface area contributed by atoms with Gasteiger partial charge in [0.15, 0.2) is 0 Å². The maximum atomic E-state index is 12.3. The first-order valence-electron chi connectivity index (χ1n) is 9.89. The van der Waals surface area contributed by atoms with Crippen LogP contribution in [0.5, 0.6) is 0 Å². The number of hydrogen-bond donors (Lipinski definition) is 2. The van der Waals surface area contributed by atoms with Crippen molar-refractivity contribution >= 4 is 5.91 Å². The third-order valence-corrected chi connectivity index (χ3v) is 5.03. The summed E-state index contributed by atoms with van der Waals surface area (Å²) in [6.07, 6.45) is 0.869. The highest BCUT2D eigenvalue weighted by molar-refractivity contribution is 5.78. The van der Waals surface area contributed by atoms with E-state index in [0.717, 1.165) is 6.42 Å². The third kappa shape index (κ3) is 5.80. The van der Waals surface area contributed by atoms with E-state index in [1.54, 1.807) is 0 Å². The van der Waals surface area contributed by atoms with E-state index in [1.165, 1.54) is 16.7 Å². The lowest BCUT2D eigenvalue weighted by atomic mass is 9.88. The molecule has 1 atom stereocenters. The van der Waals surface area contributed by atoms with Crippen LogP contribution in [0.1, 0.15) is 42.0 Å². The van der Waals surface area contributed by atoms with Crippen molar-refractivity contribution in [3.05, 3.63) is 108 Å². The van der Waals surface area contributed by atoms with Crippen LogP contribution in [-0.2, 0) is 4.79 Å². The van der Waals surface area contributed by atoms with E-state index in [2.05, 4.69) is 78.2 Å². The highest BCUT2D eigenvalue weighted by atomic mass is 16.1. The Bertz CT molecular complexity index is 795. The molecule has 3 aromatic rings. The fourth-order valence-electron chi connectivity index (χ4n) is 3.42. The average molecular weight is 373 g/mol. The predicted molar refractivity (Wildman–Crippen MR) is 115 cm³/mol. The summed E-state index contributed by atoms with van der Waals surface area (Å²) in [5.41, 5.74) is 3.74. The third-order valence-electron chi connectivity index (χ3n) is 5.03. The summed E-state index contributed by atoms with van der Waals surface area (Å²) in [6.45, 7) is 3.04. The Morgan fingerprint density at radius 1 is 0.750 bits per heavy atom. The molecule has 0 aliphatic rings. The molecule has 0 aromatic heterocycles. The molecule has 0 spiro atoms. The first-order chi connectivity index (χ1) is 13.7. The first-order valence-corrected chi connectivity index (χ1v) is 9.89. The summed E-state index contributed by atoms with van der Waals surface area (Å²) < 4.78 is 0. The van der Waals surface area contributed by atoms with Gasteiger partial charge >= 0.3 is 0 Å². The molecule has 0 fully saturated rings. The zero-order chi connectivity index (χ0) is 19.6. The predicted octanol–water partition coefficient (Wildman–Crippen LogP) is 4.68. The lowest BCUT2D eigenvalue weighted by Gasteiger charge is -2.19. The first kappa shape index (κ1) is 19.8. The molecule has 3 aromatic carbocycles. The van der Waals surface area contributed by atoms with Crippen LogP contribution in [0.15, 0.2) is 91.0 Å². The number of amides is 1. The van der Waals surface area contributed by atoms with Gasteiger partial charge in [-0.05, 0) is 30.0 Å². The van der Waals surface area contributed by atoms with E-state index >= 15 is 0 Å². The minimum Gasteiger partial charge on any atom is -0.355 e. The van der Waals surface area contributed by atoms with Crippen LogP contribution in [0.2, 0.25) is 0 Å². The summed E-state index contributed by atoms with van der Waals surface area (Å²) in [5.74, 6) is 0.307. The highest BCUT2D eigenvalue weighted by Gasteiger charge is 2.14. The summed E-state index contributed by atoms with van der Waals surface area (Å²) in [5, 5.41) is 6.35. The van der Waals surface area contributed by atoms with Crippen molar-refractivity contribution in [2.75, 3.05) is 13.1 Å². The van der Waals surface area contributed by atoms with Crippen molar-refractivity contribution < 1.29 is 4.79 Å². The average Bonchev–Trinajstić information content (AvgIpc) is 2.77. The Kier molecular flexibility index (Phi) is 7.39. The Labute approximate surface area is 167 Å². The lowest BCUT2D eigenvalue weighted by molar-refractivity contribution is -0.120. The smallest absolute Gasteiger partial charge is 0.233 e. The summed E-state index contributed by atoms with van der Waals surface area (Å²) in [7, 11) is 0. The summed E-state index contributed by atoms with van der Waals surface area (Å²) in [4.78, 5) is 12.3. The van der Waals surface area contributed by atoms with Crippen molar-refractivity contribution in [2.45, 2.75) is 25.3 Å². The van der Waals surface area contributed by atoms with Crippen molar-refractivity contribution in [1.82, 2.24) is 10.6 Å².